The van der Waals surface area contributed by atoms with Gasteiger partial charge in [0.15, 0.2) is 0 Å². The maximum absolute atomic E-state index is 13.1. The zero-order valence-corrected chi connectivity index (χ0v) is 18.8. The first-order valence-electron chi connectivity index (χ1n) is 10.4. The molecular weight excluding hydrogens is 452 g/mol. The SMILES string of the molecule is COC(=O)c1ccccc1NC(=O)Cn1cnc2c(sc3nc(-c4ccccc4)ccc32)c1=O. The van der Waals surface area contributed by atoms with Crippen LogP contribution in [0.25, 0.3) is 31.7 Å². The fourth-order valence-corrected chi connectivity index (χ4v) is 4.73. The number of hydrogen-bond donors (Lipinski definition) is 1. The van der Waals surface area contributed by atoms with Crippen molar-refractivity contribution in [3.05, 3.63) is 89.0 Å². The highest BCUT2D eigenvalue weighted by molar-refractivity contribution is 7.25. The number of fused-ring (bicyclic) bond motifs is 3. The van der Waals surface area contributed by atoms with Gasteiger partial charge in [-0.25, -0.2) is 14.8 Å². The number of ether oxygens (including phenoxy) is 1. The summed E-state index contributed by atoms with van der Waals surface area (Å²) in [5.74, 6) is -1.03. The molecule has 0 spiro atoms. The van der Waals surface area contributed by atoms with E-state index >= 15 is 0 Å². The Morgan fingerprint density at radius 3 is 2.59 bits per heavy atom. The van der Waals surface area contributed by atoms with Crippen LogP contribution in [0.15, 0.2) is 77.9 Å². The number of anilines is 1. The Balaban J connectivity index is 1.45. The van der Waals surface area contributed by atoms with Gasteiger partial charge < -0.3 is 10.1 Å². The Labute approximate surface area is 197 Å². The summed E-state index contributed by atoms with van der Waals surface area (Å²) in [5, 5.41) is 3.46. The predicted molar refractivity (Wildman–Crippen MR) is 131 cm³/mol. The molecule has 5 rings (SSSR count). The lowest BCUT2D eigenvalue weighted by molar-refractivity contribution is -0.116. The molecule has 9 heteroatoms. The number of methoxy groups -OCH3 is 1. The average Bonchev–Trinajstić information content (AvgIpc) is 3.25. The van der Waals surface area contributed by atoms with Crippen LogP contribution in [0.2, 0.25) is 0 Å². The number of esters is 1. The van der Waals surface area contributed by atoms with Gasteiger partial charge in [0.1, 0.15) is 16.1 Å². The molecule has 0 bridgehead atoms. The summed E-state index contributed by atoms with van der Waals surface area (Å²) in [4.78, 5) is 47.5. The van der Waals surface area contributed by atoms with Crippen LogP contribution in [-0.4, -0.2) is 33.5 Å². The summed E-state index contributed by atoms with van der Waals surface area (Å²) in [7, 11) is 1.27. The maximum Gasteiger partial charge on any atom is 0.339 e. The molecule has 1 N–H and O–H groups in total. The third kappa shape index (κ3) is 3.93. The molecule has 2 aromatic carbocycles. The Kier molecular flexibility index (Phi) is 5.60. The van der Waals surface area contributed by atoms with Gasteiger partial charge in [-0.3, -0.25) is 14.2 Å². The van der Waals surface area contributed by atoms with Gasteiger partial charge in [0.25, 0.3) is 5.56 Å². The van der Waals surface area contributed by atoms with E-state index in [1.807, 2.05) is 42.5 Å². The second-order valence-electron chi connectivity index (χ2n) is 7.46. The number of thiophene rings is 1. The van der Waals surface area contributed by atoms with E-state index in [1.54, 1.807) is 24.3 Å². The average molecular weight is 471 g/mol. The summed E-state index contributed by atoms with van der Waals surface area (Å²) in [6, 6.07) is 20.1. The zero-order chi connectivity index (χ0) is 23.7. The van der Waals surface area contributed by atoms with E-state index < -0.39 is 11.9 Å². The van der Waals surface area contributed by atoms with Crippen LogP contribution in [0.1, 0.15) is 10.4 Å². The molecule has 0 unspecified atom stereocenters. The maximum atomic E-state index is 13.1. The monoisotopic (exact) mass is 470 g/mol. The highest BCUT2D eigenvalue weighted by Crippen LogP contribution is 2.31. The van der Waals surface area contributed by atoms with Gasteiger partial charge in [-0.2, -0.15) is 0 Å². The smallest absolute Gasteiger partial charge is 0.339 e. The summed E-state index contributed by atoms with van der Waals surface area (Å²) < 4.78 is 6.42. The molecule has 34 heavy (non-hydrogen) atoms. The first-order valence-corrected chi connectivity index (χ1v) is 11.2. The van der Waals surface area contributed by atoms with E-state index in [0.29, 0.717) is 20.7 Å². The van der Waals surface area contributed by atoms with Crippen LogP contribution in [-0.2, 0) is 16.1 Å². The lowest BCUT2D eigenvalue weighted by Crippen LogP contribution is -2.28. The Morgan fingerprint density at radius 2 is 1.79 bits per heavy atom. The normalized spacial score (nSPS) is 11.0. The highest BCUT2D eigenvalue weighted by atomic mass is 32.1. The minimum Gasteiger partial charge on any atom is -0.465 e. The van der Waals surface area contributed by atoms with Crippen molar-refractivity contribution in [1.29, 1.82) is 0 Å². The largest absolute Gasteiger partial charge is 0.465 e. The second kappa shape index (κ2) is 8.87. The van der Waals surface area contributed by atoms with Gasteiger partial charge in [0.2, 0.25) is 5.91 Å². The van der Waals surface area contributed by atoms with Crippen molar-refractivity contribution in [1.82, 2.24) is 14.5 Å². The molecule has 168 valence electrons. The molecule has 0 aliphatic carbocycles. The van der Waals surface area contributed by atoms with Crippen LogP contribution in [0, 0.1) is 0 Å². The van der Waals surface area contributed by atoms with Crippen molar-refractivity contribution in [2.45, 2.75) is 6.54 Å². The van der Waals surface area contributed by atoms with E-state index in [-0.39, 0.29) is 17.7 Å². The molecule has 0 radical (unpaired) electrons. The number of amides is 1. The Morgan fingerprint density at radius 1 is 1.03 bits per heavy atom. The lowest BCUT2D eigenvalue weighted by Gasteiger charge is -2.10. The molecule has 3 heterocycles. The van der Waals surface area contributed by atoms with Gasteiger partial charge in [-0.15, -0.1) is 11.3 Å². The topological polar surface area (TPSA) is 103 Å². The molecule has 0 fully saturated rings. The fourth-order valence-electron chi connectivity index (χ4n) is 3.66. The number of para-hydroxylation sites is 1. The van der Waals surface area contributed by atoms with Crippen molar-refractivity contribution < 1.29 is 14.3 Å². The van der Waals surface area contributed by atoms with Gasteiger partial charge >= 0.3 is 5.97 Å². The first kappa shape index (κ1) is 21.5. The minimum atomic E-state index is -0.566. The van der Waals surface area contributed by atoms with E-state index in [4.69, 9.17) is 9.72 Å². The number of pyridine rings is 1. The van der Waals surface area contributed by atoms with Crippen molar-refractivity contribution in [3.8, 4) is 11.3 Å². The molecule has 0 aliphatic rings. The molecule has 0 atom stereocenters. The van der Waals surface area contributed by atoms with Gasteiger partial charge in [-0.1, -0.05) is 42.5 Å². The number of benzene rings is 2. The fraction of sp³-hybridized carbons (Fsp3) is 0.0800. The van der Waals surface area contributed by atoms with Crippen molar-refractivity contribution >= 4 is 49.3 Å². The predicted octanol–water partition coefficient (Wildman–Crippen LogP) is 4.10. The van der Waals surface area contributed by atoms with Crippen molar-refractivity contribution in [2.75, 3.05) is 12.4 Å². The third-order valence-corrected chi connectivity index (χ3v) is 6.38. The van der Waals surface area contributed by atoms with Crippen LogP contribution >= 0.6 is 11.3 Å². The standard InChI is InChI=1S/C25H18N4O4S/c1-33-25(32)16-9-5-6-10-19(16)27-20(30)13-29-14-26-21-17-11-12-18(15-7-3-2-4-8-15)28-23(17)34-22(21)24(29)31/h2-12,14H,13H2,1H3,(H,27,30). The van der Waals surface area contributed by atoms with Crippen LogP contribution in [0.5, 0.6) is 0 Å². The quantitative estimate of drug-likeness (QED) is 0.388. The van der Waals surface area contributed by atoms with Crippen LogP contribution < -0.4 is 10.9 Å². The van der Waals surface area contributed by atoms with Crippen molar-refractivity contribution in [2.24, 2.45) is 0 Å². The summed E-state index contributed by atoms with van der Waals surface area (Å²) in [6.45, 7) is -0.256. The number of carbonyl (C=O) groups is 2. The molecule has 0 saturated heterocycles. The Hall–Kier alpha value is -4.37. The third-order valence-electron chi connectivity index (χ3n) is 5.30. The molecule has 3 aromatic heterocycles. The summed E-state index contributed by atoms with van der Waals surface area (Å²) in [5.41, 5.74) is 2.56. The van der Waals surface area contributed by atoms with Crippen LogP contribution in [0.3, 0.4) is 0 Å². The van der Waals surface area contributed by atoms with Gasteiger partial charge in [-0.05, 0) is 24.3 Å². The number of rotatable bonds is 5. The van der Waals surface area contributed by atoms with Gasteiger partial charge in [0, 0.05) is 10.9 Å². The number of hydrogen-bond acceptors (Lipinski definition) is 7. The number of aromatic nitrogens is 3. The van der Waals surface area contributed by atoms with Gasteiger partial charge in [0.05, 0.1) is 35.9 Å². The lowest BCUT2D eigenvalue weighted by atomic mass is 10.1. The summed E-state index contributed by atoms with van der Waals surface area (Å²) >= 11 is 1.25. The minimum absolute atomic E-state index is 0.226. The number of nitrogens with zero attached hydrogens (tertiary/aromatic N) is 3. The Bertz CT molecular complexity index is 1610. The summed E-state index contributed by atoms with van der Waals surface area (Å²) in [6.07, 6.45) is 1.35. The molecule has 8 nitrogen and oxygen atoms in total. The van der Waals surface area contributed by atoms with Crippen LogP contribution in [0.4, 0.5) is 5.69 Å². The van der Waals surface area contributed by atoms with Crippen molar-refractivity contribution in [3.63, 3.8) is 0 Å². The first-order chi connectivity index (χ1) is 16.5. The highest BCUT2D eigenvalue weighted by Gasteiger charge is 2.17. The van der Waals surface area contributed by atoms with E-state index in [0.717, 1.165) is 16.6 Å². The molecule has 0 aliphatic heterocycles. The van der Waals surface area contributed by atoms with E-state index in [9.17, 15) is 14.4 Å². The molecular formula is C25H18N4O4S. The molecule has 0 saturated carbocycles. The molecule has 1 amide bonds. The van der Waals surface area contributed by atoms with E-state index in [2.05, 4.69) is 10.3 Å². The second-order valence-corrected chi connectivity index (χ2v) is 8.46. The molecule has 5 aromatic rings. The van der Waals surface area contributed by atoms with E-state index in [1.165, 1.54) is 29.3 Å². The zero-order valence-electron chi connectivity index (χ0n) is 18.0. The number of nitrogens with one attached hydrogen (secondary N) is 1. The number of carbonyl (C=O) groups excluding carboxylic acids is 2.